The molecule has 5 aromatic rings. The zero-order valence-corrected chi connectivity index (χ0v) is 21.0. The Hall–Kier alpha value is -4.46. The highest BCUT2D eigenvalue weighted by atomic mass is 16.5. The molecule has 0 radical (unpaired) electrons. The predicted octanol–water partition coefficient (Wildman–Crippen LogP) is 4.61. The summed E-state index contributed by atoms with van der Waals surface area (Å²) in [5.74, 6) is 2.37. The summed E-state index contributed by atoms with van der Waals surface area (Å²) in [5, 5.41) is 10.1. The van der Waals surface area contributed by atoms with E-state index in [9.17, 15) is 4.79 Å². The lowest BCUT2D eigenvalue weighted by atomic mass is 10.1. The number of nitrogens with zero attached hydrogens (tertiary/aromatic N) is 6. The first-order valence-corrected chi connectivity index (χ1v) is 12.5. The monoisotopic (exact) mass is 492 g/mol. The molecule has 1 fully saturated rings. The minimum atomic E-state index is 0.0744. The average molecular weight is 493 g/mol. The summed E-state index contributed by atoms with van der Waals surface area (Å²) in [6.45, 7) is 4.77. The number of aromatic nitrogens is 4. The van der Waals surface area contributed by atoms with E-state index in [4.69, 9.17) is 9.72 Å². The van der Waals surface area contributed by atoms with Crippen molar-refractivity contribution >= 4 is 28.4 Å². The molecular weight excluding hydrogens is 464 g/mol. The van der Waals surface area contributed by atoms with E-state index in [0.717, 1.165) is 63.7 Å². The number of carbonyl (C=O) groups excluding carboxylic acids is 1. The molecule has 3 aromatic carbocycles. The predicted molar refractivity (Wildman–Crippen MR) is 144 cm³/mol. The third kappa shape index (κ3) is 4.24. The van der Waals surface area contributed by atoms with E-state index in [2.05, 4.69) is 15.1 Å². The Morgan fingerprint density at radius 3 is 2.54 bits per heavy atom. The van der Waals surface area contributed by atoms with Crippen LogP contribution in [0.3, 0.4) is 0 Å². The molecule has 0 atom stereocenters. The molecule has 1 saturated heterocycles. The lowest BCUT2D eigenvalue weighted by molar-refractivity contribution is 0.0767. The van der Waals surface area contributed by atoms with Gasteiger partial charge in [-0.1, -0.05) is 29.8 Å². The van der Waals surface area contributed by atoms with Gasteiger partial charge >= 0.3 is 0 Å². The maximum atomic E-state index is 13.2. The first-order valence-electron chi connectivity index (χ1n) is 12.5. The molecule has 0 N–H and O–H groups in total. The number of fused-ring (bicyclic) bond motifs is 3. The highest BCUT2D eigenvalue weighted by molar-refractivity contribution is 5.95. The van der Waals surface area contributed by atoms with Crippen molar-refractivity contribution in [2.45, 2.75) is 13.3 Å². The normalized spacial score (nSPS) is 14.2. The van der Waals surface area contributed by atoms with Gasteiger partial charge in [-0.25, -0.2) is 9.38 Å². The van der Waals surface area contributed by atoms with Crippen LogP contribution in [-0.2, 0) is 0 Å². The van der Waals surface area contributed by atoms with Crippen molar-refractivity contribution in [1.82, 2.24) is 24.5 Å². The van der Waals surface area contributed by atoms with Gasteiger partial charge in [0, 0.05) is 42.7 Å². The van der Waals surface area contributed by atoms with Crippen LogP contribution in [0.4, 0.5) is 5.95 Å². The second-order valence-electron chi connectivity index (χ2n) is 9.34. The Kier molecular flexibility index (Phi) is 5.92. The molecule has 0 unspecified atom stereocenters. The molecule has 1 aliphatic rings. The average Bonchev–Trinajstić information content (AvgIpc) is 3.24. The van der Waals surface area contributed by atoms with Gasteiger partial charge in [0.2, 0.25) is 5.95 Å². The summed E-state index contributed by atoms with van der Waals surface area (Å²) in [5.41, 5.74) is 4.39. The Morgan fingerprint density at radius 2 is 1.73 bits per heavy atom. The van der Waals surface area contributed by atoms with E-state index in [1.807, 2.05) is 89.0 Å². The second kappa shape index (κ2) is 9.54. The Bertz CT molecular complexity index is 1590. The zero-order valence-electron chi connectivity index (χ0n) is 21.0. The van der Waals surface area contributed by atoms with Crippen molar-refractivity contribution in [1.29, 1.82) is 0 Å². The fourth-order valence-corrected chi connectivity index (χ4v) is 4.99. The standard InChI is InChI=1S/C29H28N6O2/c1-20-7-5-8-22(19-20)28(36)33-15-6-16-34(18-17-33)29-30-25-10-4-3-9-24(25)27-32-31-26(35(27)29)21-11-13-23(37-2)14-12-21/h3-5,7-14,19H,6,15-18H2,1-2H3. The van der Waals surface area contributed by atoms with E-state index in [1.165, 1.54) is 0 Å². The van der Waals surface area contributed by atoms with Crippen LogP contribution in [0.15, 0.2) is 72.8 Å². The smallest absolute Gasteiger partial charge is 0.253 e. The Morgan fingerprint density at radius 1 is 0.892 bits per heavy atom. The van der Waals surface area contributed by atoms with E-state index < -0.39 is 0 Å². The van der Waals surface area contributed by atoms with Crippen LogP contribution in [0.5, 0.6) is 5.75 Å². The number of hydrogen-bond donors (Lipinski definition) is 0. The van der Waals surface area contributed by atoms with Crippen molar-refractivity contribution in [3.8, 4) is 17.1 Å². The van der Waals surface area contributed by atoms with Gasteiger partial charge in [0.25, 0.3) is 5.91 Å². The summed E-state index contributed by atoms with van der Waals surface area (Å²) in [6, 6.07) is 23.6. The molecular formula is C29H28N6O2. The van der Waals surface area contributed by atoms with Crippen molar-refractivity contribution in [3.63, 3.8) is 0 Å². The molecule has 8 nitrogen and oxygen atoms in total. The van der Waals surface area contributed by atoms with Crippen LogP contribution in [0.1, 0.15) is 22.3 Å². The van der Waals surface area contributed by atoms with Crippen molar-refractivity contribution in [2.24, 2.45) is 0 Å². The molecule has 2 aromatic heterocycles. The number of amides is 1. The summed E-state index contributed by atoms with van der Waals surface area (Å²) in [6.07, 6.45) is 0.841. The highest BCUT2D eigenvalue weighted by Crippen LogP contribution is 2.30. The first-order chi connectivity index (χ1) is 18.1. The van der Waals surface area contributed by atoms with Gasteiger partial charge in [0.05, 0.1) is 12.6 Å². The maximum absolute atomic E-state index is 13.2. The molecule has 0 spiro atoms. The minimum absolute atomic E-state index is 0.0744. The molecule has 1 amide bonds. The topological polar surface area (TPSA) is 75.9 Å². The van der Waals surface area contributed by atoms with Crippen LogP contribution >= 0.6 is 0 Å². The van der Waals surface area contributed by atoms with Gasteiger partial charge in [0.15, 0.2) is 11.5 Å². The van der Waals surface area contributed by atoms with Crippen LogP contribution in [-0.4, -0.2) is 63.7 Å². The fourth-order valence-electron chi connectivity index (χ4n) is 4.99. The van der Waals surface area contributed by atoms with Crippen LogP contribution < -0.4 is 9.64 Å². The summed E-state index contributed by atoms with van der Waals surface area (Å²) >= 11 is 0. The summed E-state index contributed by atoms with van der Waals surface area (Å²) in [4.78, 5) is 22.5. The van der Waals surface area contributed by atoms with E-state index >= 15 is 0 Å². The summed E-state index contributed by atoms with van der Waals surface area (Å²) in [7, 11) is 1.65. The minimum Gasteiger partial charge on any atom is -0.497 e. The number of aryl methyl sites for hydroxylation is 1. The van der Waals surface area contributed by atoms with E-state index in [0.29, 0.717) is 19.6 Å². The molecule has 186 valence electrons. The number of benzene rings is 3. The fraction of sp³-hybridized carbons (Fsp3) is 0.241. The van der Waals surface area contributed by atoms with Crippen molar-refractivity contribution < 1.29 is 9.53 Å². The number of ether oxygens (including phenoxy) is 1. The van der Waals surface area contributed by atoms with Crippen LogP contribution in [0.25, 0.3) is 27.9 Å². The van der Waals surface area contributed by atoms with Gasteiger partial charge in [-0.3, -0.25) is 4.79 Å². The molecule has 1 aliphatic heterocycles. The molecule has 0 aliphatic carbocycles. The lowest BCUT2D eigenvalue weighted by Gasteiger charge is -2.24. The van der Waals surface area contributed by atoms with E-state index in [1.54, 1.807) is 7.11 Å². The third-order valence-electron chi connectivity index (χ3n) is 6.91. The molecule has 0 bridgehead atoms. The number of rotatable bonds is 4. The zero-order chi connectivity index (χ0) is 25.4. The second-order valence-corrected chi connectivity index (χ2v) is 9.34. The molecule has 0 saturated carbocycles. The van der Waals surface area contributed by atoms with Crippen LogP contribution in [0.2, 0.25) is 0 Å². The number of carbonyl (C=O) groups is 1. The Labute approximate surface area is 215 Å². The van der Waals surface area contributed by atoms with Gasteiger partial charge < -0.3 is 14.5 Å². The number of anilines is 1. The number of hydrogen-bond acceptors (Lipinski definition) is 6. The SMILES string of the molecule is COc1ccc(-c2nnc3c4ccccc4nc(N4CCCN(C(=O)c5cccc(C)c5)CC4)n23)cc1. The van der Waals surface area contributed by atoms with Gasteiger partial charge in [-0.2, -0.15) is 0 Å². The van der Waals surface area contributed by atoms with Crippen LogP contribution in [0, 0.1) is 6.92 Å². The first kappa shape index (κ1) is 23.0. The maximum Gasteiger partial charge on any atom is 0.253 e. The quantitative estimate of drug-likeness (QED) is 0.365. The largest absolute Gasteiger partial charge is 0.497 e. The van der Waals surface area contributed by atoms with Crippen molar-refractivity contribution in [2.75, 3.05) is 38.2 Å². The lowest BCUT2D eigenvalue weighted by Crippen LogP contribution is -2.36. The molecule has 37 heavy (non-hydrogen) atoms. The molecule has 3 heterocycles. The van der Waals surface area contributed by atoms with Gasteiger partial charge in [-0.05, 0) is 61.9 Å². The molecule has 8 heteroatoms. The number of methoxy groups -OCH3 is 1. The Balaban J connectivity index is 1.39. The number of para-hydroxylation sites is 1. The highest BCUT2D eigenvalue weighted by Gasteiger charge is 2.25. The van der Waals surface area contributed by atoms with Gasteiger partial charge in [-0.15, -0.1) is 10.2 Å². The van der Waals surface area contributed by atoms with Gasteiger partial charge in [0.1, 0.15) is 5.75 Å². The van der Waals surface area contributed by atoms with E-state index in [-0.39, 0.29) is 5.91 Å². The van der Waals surface area contributed by atoms with Crippen molar-refractivity contribution in [3.05, 3.63) is 83.9 Å². The third-order valence-corrected chi connectivity index (χ3v) is 6.91. The molecule has 6 rings (SSSR count). The summed E-state index contributed by atoms with van der Waals surface area (Å²) < 4.78 is 7.38.